The fourth-order valence-corrected chi connectivity index (χ4v) is 3.10. The molecule has 5 heteroatoms. The van der Waals surface area contributed by atoms with Gasteiger partial charge >= 0.3 is 0 Å². The highest BCUT2D eigenvalue weighted by molar-refractivity contribution is 6.32. The minimum Gasteiger partial charge on any atom is -0.296 e. The Morgan fingerprint density at radius 2 is 1.96 bits per heavy atom. The average molecular weight is 344 g/mol. The van der Waals surface area contributed by atoms with E-state index in [1.807, 2.05) is 6.07 Å². The topological polar surface area (TPSA) is 41.6 Å². The van der Waals surface area contributed by atoms with Crippen molar-refractivity contribution in [1.82, 2.24) is 9.55 Å². The van der Waals surface area contributed by atoms with Crippen LogP contribution in [0.2, 0.25) is 5.02 Å². The molecule has 0 spiro atoms. The van der Waals surface area contributed by atoms with Crippen LogP contribution in [0.5, 0.6) is 0 Å². The molecule has 0 aliphatic carbocycles. The molecule has 116 valence electrons. The second-order valence-corrected chi connectivity index (χ2v) is 6.04. The van der Waals surface area contributed by atoms with Gasteiger partial charge in [-0.2, -0.15) is 5.26 Å². The molecule has 0 atom stereocenters. The van der Waals surface area contributed by atoms with Crippen molar-refractivity contribution < 1.29 is 0 Å². The second-order valence-electron chi connectivity index (χ2n) is 5.25. The predicted molar refractivity (Wildman–Crippen MR) is 94.6 cm³/mol. The van der Waals surface area contributed by atoms with Gasteiger partial charge in [0.05, 0.1) is 21.6 Å². The Bertz CT molecular complexity index is 889. The number of rotatable bonds is 4. The number of fused-ring (bicyclic) bond motifs is 1. The lowest BCUT2D eigenvalue weighted by atomic mass is 10.1. The third-order valence-corrected chi connectivity index (χ3v) is 4.33. The zero-order valence-corrected chi connectivity index (χ0v) is 14.2. The van der Waals surface area contributed by atoms with Gasteiger partial charge in [0.1, 0.15) is 11.9 Å². The Labute approximate surface area is 145 Å². The van der Waals surface area contributed by atoms with Crippen LogP contribution in [0.15, 0.2) is 36.4 Å². The van der Waals surface area contributed by atoms with Crippen molar-refractivity contribution in [2.75, 3.05) is 5.88 Å². The van der Waals surface area contributed by atoms with Gasteiger partial charge in [-0.1, -0.05) is 30.7 Å². The van der Waals surface area contributed by atoms with Crippen LogP contribution in [0.3, 0.4) is 0 Å². The van der Waals surface area contributed by atoms with Crippen LogP contribution in [0.1, 0.15) is 23.9 Å². The monoisotopic (exact) mass is 343 g/mol. The number of hydrogen-bond donors (Lipinski definition) is 0. The molecule has 3 nitrogen and oxygen atoms in total. The molecule has 0 radical (unpaired) electrons. The Morgan fingerprint density at radius 3 is 2.57 bits per heavy atom. The Morgan fingerprint density at radius 1 is 1.22 bits per heavy atom. The van der Waals surface area contributed by atoms with E-state index in [2.05, 4.69) is 46.8 Å². The molecular formula is C18H15Cl2N3. The summed E-state index contributed by atoms with van der Waals surface area (Å²) in [4.78, 5) is 4.65. The molecule has 3 aromatic rings. The summed E-state index contributed by atoms with van der Waals surface area (Å²) < 4.78 is 2.09. The molecule has 3 rings (SSSR count). The third kappa shape index (κ3) is 2.93. The summed E-state index contributed by atoms with van der Waals surface area (Å²) in [5.74, 6) is 1.55. The minimum absolute atomic E-state index is 0.447. The number of benzene rings is 2. The van der Waals surface area contributed by atoms with Crippen molar-refractivity contribution in [3.63, 3.8) is 0 Å². The lowest BCUT2D eigenvalue weighted by Gasteiger charge is -2.09. The molecule has 23 heavy (non-hydrogen) atoms. The molecule has 0 saturated heterocycles. The first kappa shape index (κ1) is 15.9. The number of aromatic nitrogens is 2. The first-order valence-electron chi connectivity index (χ1n) is 7.44. The Balaban J connectivity index is 2.19. The zero-order valence-electron chi connectivity index (χ0n) is 12.7. The van der Waals surface area contributed by atoms with Crippen LogP contribution in [-0.2, 0) is 12.8 Å². The van der Waals surface area contributed by atoms with Gasteiger partial charge in [0.15, 0.2) is 0 Å². The van der Waals surface area contributed by atoms with Gasteiger partial charge in [0.2, 0.25) is 0 Å². The molecule has 0 bridgehead atoms. The second kappa shape index (κ2) is 6.62. The highest BCUT2D eigenvalue weighted by Crippen LogP contribution is 2.27. The summed E-state index contributed by atoms with van der Waals surface area (Å²) in [6.45, 7) is 2.06. The van der Waals surface area contributed by atoms with Gasteiger partial charge < -0.3 is 0 Å². The fraction of sp³-hybridized carbons (Fsp3) is 0.222. The van der Waals surface area contributed by atoms with E-state index in [1.54, 1.807) is 6.07 Å². The van der Waals surface area contributed by atoms with Gasteiger partial charge in [-0.3, -0.25) is 4.57 Å². The number of alkyl halides is 1. The summed E-state index contributed by atoms with van der Waals surface area (Å²) in [5, 5.41) is 9.58. The largest absolute Gasteiger partial charge is 0.296 e. The maximum Gasteiger partial charge on any atom is 0.114 e. The normalized spacial score (nSPS) is 10.9. The highest BCUT2D eigenvalue weighted by atomic mass is 35.5. The van der Waals surface area contributed by atoms with Gasteiger partial charge in [0, 0.05) is 18.0 Å². The minimum atomic E-state index is 0.447. The third-order valence-electron chi connectivity index (χ3n) is 3.83. The van der Waals surface area contributed by atoms with Crippen molar-refractivity contribution in [2.45, 2.75) is 19.8 Å². The van der Waals surface area contributed by atoms with E-state index in [4.69, 9.17) is 28.5 Å². The number of nitriles is 1. The fourth-order valence-electron chi connectivity index (χ4n) is 2.68. The van der Waals surface area contributed by atoms with E-state index in [0.29, 0.717) is 16.5 Å². The summed E-state index contributed by atoms with van der Waals surface area (Å²) in [7, 11) is 0. The number of nitrogens with zero attached hydrogens (tertiary/aromatic N) is 3. The SMILES string of the molecule is CCc1nc2cc(C#N)c(Cl)cc2n1-c1ccc(CCCl)cc1. The molecular weight excluding hydrogens is 329 g/mol. The van der Waals surface area contributed by atoms with E-state index in [1.165, 1.54) is 5.56 Å². The molecule has 0 amide bonds. The van der Waals surface area contributed by atoms with Crippen molar-refractivity contribution in [1.29, 1.82) is 5.26 Å². The van der Waals surface area contributed by atoms with Crippen molar-refractivity contribution in [2.24, 2.45) is 0 Å². The number of hydrogen-bond acceptors (Lipinski definition) is 2. The molecule has 0 saturated carbocycles. The summed E-state index contributed by atoms with van der Waals surface area (Å²) in [6, 6.07) is 13.9. The quantitative estimate of drug-likeness (QED) is 0.632. The first-order valence-corrected chi connectivity index (χ1v) is 8.35. The predicted octanol–water partition coefficient (Wildman–Crippen LogP) is 4.89. The molecule has 0 aliphatic heterocycles. The molecule has 2 aromatic carbocycles. The summed E-state index contributed by atoms with van der Waals surface area (Å²) in [5.41, 5.74) is 4.38. The van der Waals surface area contributed by atoms with Crippen molar-refractivity contribution >= 4 is 34.2 Å². The average Bonchev–Trinajstić information content (AvgIpc) is 2.92. The van der Waals surface area contributed by atoms with Gasteiger partial charge in [-0.25, -0.2) is 4.98 Å². The van der Waals surface area contributed by atoms with Gasteiger partial charge in [-0.05, 0) is 36.2 Å². The van der Waals surface area contributed by atoms with Crippen LogP contribution in [0.4, 0.5) is 0 Å². The van der Waals surface area contributed by atoms with E-state index in [0.717, 1.165) is 35.4 Å². The maximum atomic E-state index is 9.13. The molecule has 0 unspecified atom stereocenters. The summed E-state index contributed by atoms with van der Waals surface area (Å²) in [6.07, 6.45) is 1.64. The molecule has 0 fully saturated rings. The smallest absolute Gasteiger partial charge is 0.114 e. The van der Waals surface area contributed by atoms with Gasteiger partial charge in [-0.15, -0.1) is 11.6 Å². The van der Waals surface area contributed by atoms with Crippen molar-refractivity contribution in [3.8, 4) is 11.8 Å². The van der Waals surface area contributed by atoms with E-state index < -0.39 is 0 Å². The maximum absolute atomic E-state index is 9.13. The highest BCUT2D eigenvalue weighted by Gasteiger charge is 2.14. The lowest BCUT2D eigenvalue weighted by molar-refractivity contribution is 0.907. The van der Waals surface area contributed by atoms with E-state index >= 15 is 0 Å². The van der Waals surface area contributed by atoms with Crippen LogP contribution in [-0.4, -0.2) is 15.4 Å². The van der Waals surface area contributed by atoms with Crippen LogP contribution < -0.4 is 0 Å². The van der Waals surface area contributed by atoms with Gasteiger partial charge in [0.25, 0.3) is 0 Å². The lowest BCUT2D eigenvalue weighted by Crippen LogP contribution is -2.00. The van der Waals surface area contributed by atoms with Crippen LogP contribution in [0.25, 0.3) is 16.7 Å². The zero-order chi connectivity index (χ0) is 16.4. The van der Waals surface area contributed by atoms with E-state index in [9.17, 15) is 0 Å². The number of aryl methyl sites for hydroxylation is 2. The number of halogens is 2. The standard InChI is InChI=1S/C18H15Cl2N3/c1-2-18-22-16-9-13(11-21)15(20)10-17(16)23(18)14-5-3-12(4-6-14)7-8-19/h3-6,9-10H,2,7-8H2,1H3. The number of imidazole rings is 1. The summed E-state index contributed by atoms with van der Waals surface area (Å²) >= 11 is 12.0. The van der Waals surface area contributed by atoms with E-state index in [-0.39, 0.29) is 0 Å². The molecule has 1 aromatic heterocycles. The Hall–Kier alpha value is -2.02. The first-order chi connectivity index (χ1) is 11.2. The molecule has 0 aliphatic rings. The van der Waals surface area contributed by atoms with Crippen molar-refractivity contribution in [3.05, 3.63) is 58.4 Å². The molecule has 0 N–H and O–H groups in total. The Kier molecular flexibility index (Phi) is 4.56. The van der Waals surface area contributed by atoms with Crippen LogP contribution in [0, 0.1) is 11.3 Å². The molecule has 1 heterocycles. The van der Waals surface area contributed by atoms with Crippen LogP contribution >= 0.6 is 23.2 Å².